The van der Waals surface area contributed by atoms with Gasteiger partial charge in [-0.25, -0.2) is 9.59 Å². The standard InChI is InChI=1S/C21H18N2O7/c1-11(23-18(25)13-6-4-5-7-14(13)19(23)26)17(24)22-16-10-12(20(27)29-2)8-9-15(16)21(28)30-3/h4-11H,1-3H3,(H,22,24). The first-order chi connectivity index (χ1) is 14.3. The molecule has 1 atom stereocenters. The van der Waals surface area contributed by atoms with Crippen LogP contribution in [0.1, 0.15) is 48.4 Å². The van der Waals surface area contributed by atoms with Crippen LogP contribution in [0.15, 0.2) is 42.5 Å². The second-order valence-corrected chi connectivity index (χ2v) is 6.43. The Morgan fingerprint density at radius 3 is 2.00 bits per heavy atom. The topological polar surface area (TPSA) is 119 Å². The third-order valence-corrected chi connectivity index (χ3v) is 4.70. The normalized spacial score (nSPS) is 13.5. The summed E-state index contributed by atoms with van der Waals surface area (Å²) in [6.45, 7) is 1.39. The number of anilines is 1. The fourth-order valence-electron chi connectivity index (χ4n) is 3.09. The molecule has 1 aliphatic rings. The third-order valence-electron chi connectivity index (χ3n) is 4.70. The molecule has 2 aromatic rings. The number of hydrogen-bond donors (Lipinski definition) is 1. The Labute approximate surface area is 171 Å². The second kappa shape index (κ2) is 8.16. The summed E-state index contributed by atoms with van der Waals surface area (Å²) in [4.78, 5) is 62.7. The lowest BCUT2D eigenvalue weighted by molar-refractivity contribution is -0.119. The van der Waals surface area contributed by atoms with Gasteiger partial charge in [-0.3, -0.25) is 19.3 Å². The lowest BCUT2D eigenvalue weighted by Gasteiger charge is -2.22. The molecule has 9 heteroatoms. The lowest BCUT2D eigenvalue weighted by Crippen LogP contribution is -2.45. The molecule has 1 heterocycles. The highest BCUT2D eigenvalue weighted by atomic mass is 16.5. The second-order valence-electron chi connectivity index (χ2n) is 6.43. The van der Waals surface area contributed by atoms with Gasteiger partial charge in [0.2, 0.25) is 5.91 Å². The van der Waals surface area contributed by atoms with Crippen molar-refractivity contribution in [1.29, 1.82) is 0 Å². The van der Waals surface area contributed by atoms with Crippen LogP contribution in [0.5, 0.6) is 0 Å². The van der Waals surface area contributed by atoms with Gasteiger partial charge in [0.15, 0.2) is 0 Å². The number of rotatable bonds is 5. The van der Waals surface area contributed by atoms with Crippen LogP contribution >= 0.6 is 0 Å². The van der Waals surface area contributed by atoms with Gasteiger partial charge in [0.05, 0.1) is 42.2 Å². The van der Waals surface area contributed by atoms with E-state index in [1.807, 2.05) is 0 Å². The van der Waals surface area contributed by atoms with E-state index in [9.17, 15) is 24.0 Å². The number of nitrogens with one attached hydrogen (secondary N) is 1. The van der Waals surface area contributed by atoms with Crippen molar-refractivity contribution >= 4 is 35.3 Å². The minimum atomic E-state index is -1.18. The van der Waals surface area contributed by atoms with Gasteiger partial charge >= 0.3 is 11.9 Å². The summed E-state index contributed by atoms with van der Waals surface area (Å²) in [5.41, 5.74) is 0.496. The molecule has 9 nitrogen and oxygen atoms in total. The molecule has 0 aromatic heterocycles. The summed E-state index contributed by atoms with van der Waals surface area (Å²) < 4.78 is 9.35. The number of nitrogens with zero attached hydrogens (tertiary/aromatic N) is 1. The van der Waals surface area contributed by atoms with Gasteiger partial charge < -0.3 is 14.8 Å². The van der Waals surface area contributed by atoms with Crippen molar-refractivity contribution in [2.45, 2.75) is 13.0 Å². The van der Waals surface area contributed by atoms with Gasteiger partial charge in [-0.15, -0.1) is 0 Å². The highest BCUT2D eigenvalue weighted by Crippen LogP contribution is 2.26. The number of carbonyl (C=O) groups is 5. The van der Waals surface area contributed by atoms with Crippen molar-refractivity contribution in [2.75, 3.05) is 19.5 Å². The number of hydrogen-bond acceptors (Lipinski definition) is 7. The van der Waals surface area contributed by atoms with E-state index in [2.05, 4.69) is 10.1 Å². The summed E-state index contributed by atoms with van der Waals surface area (Å²) >= 11 is 0. The smallest absolute Gasteiger partial charge is 0.339 e. The van der Waals surface area contributed by atoms with Crippen LogP contribution < -0.4 is 5.32 Å². The van der Waals surface area contributed by atoms with Crippen molar-refractivity contribution in [1.82, 2.24) is 4.90 Å². The zero-order valence-corrected chi connectivity index (χ0v) is 16.4. The molecule has 0 spiro atoms. The molecule has 1 aliphatic heterocycles. The van der Waals surface area contributed by atoms with Crippen molar-refractivity contribution in [3.63, 3.8) is 0 Å². The SMILES string of the molecule is COC(=O)c1ccc(C(=O)OC)c(NC(=O)C(C)N2C(=O)c3ccccc3C2=O)c1. The van der Waals surface area contributed by atoms with Gasteiger partial charge in [-0.05, 0) is 37.3 Å². The first kappa shape index (κ1) is 20.7. The predicted octanol–water partition coefficient (Wildman–Crippen LogP) is 1.88. The summed E-state index contributed by atoms with van der Waals surface area (Å²) in [5.74, 6) is -3.31. The van der Waals surface area contributed by atoms with Crippen LogP contribution in [-0.2, 0) is 14.3 Å². The lowest BCUT2D eigenvalue weighted by atomic mass is 10.1. The average molecular weight is 410 g/mol. The van der Waals surface area contributed by atoms with E-state index < -0.39 is 35.7 Å². The molecular weight excluding hydrogens is 392 g/mol. The van der Waals surface area contributed by atoms with Crippen molar-refractivity contribution in [3.8, 4) is 0 Å². The Hall–Kier alpha value is -4.01. The molecule has 0 saturated heterocycles. The van der Waals surface area contributed by atoms with E-state index in [1.165, 1.54) is 51.5 Å². The zero-order valence-electron chi connectivity index (χ0n) is 16.4. The van der Waals surface area contributed by atoms with Crippen molar-refractivity contribution in [3.05, 3.63) is 64.7 Å². The summed E-state index contributed by atoms with van der Waals surface area (Å²) in [5, 5.41) is 2.50. The molecule has 30 heavy (non-hydrogen) atoms. The van der Waals surface area contributed by atoms with Crippen LogP contribution in [0, 0.1) is 0 Å². The quantitative estimate of drug-likeness (QED) is 0.590. The minimum Gasteiger partial charge on any atom is -0.465 e. The molecule has 1 unspecified atom stereocenters. The molecular formula is C21H18N2O7. The Balaban J connectivity index is 1.90. The third kappa shape index (κ3) is 3.52. The van der Waals surface area contributed by atoms with Crippen LogP contribution in [0.25, 0.3) is 0 Å². The maximum atomic E-state index is 12.8. The van der Waals surface area contributed by atoms with Crippen LogP contribution in [0.3, 0.4) is 0 Å². The maximum absolute atomic E-state index is 12.8. The molecule has 2 aromatic carbocycles. The highest BCUT2D eigenvalue weighted by Gasteiger charge is 2.40. The Morgan fingerprint density at radius 1 is 0.900 bits per heavy atom. The molecule has 0 aliphatic carbocycles. The van der Waals surface area contributed by atoms with Gasteiger partial charge in [-0.2, -0.15) is 0 Å². The Bertz CT molecular complexity index is 1040. The fourth-order valence-corrected chi connectivity index (χ4v) is 3.09. The molecule has 0 bridgehead atoms. The van der Waals surface area contributed by atoms with Crippen molar-refractivity contribution < 1.29 is 33.4 Å². The van der Waals surface area contributed by atoms with Gasteiger partial charge in [0.1, 0.15) is 6.04 Å². The monoisotopic (exact) mass is 410 g/mol. The molecule has 0 saturated carbocycles. The van der Waals surface area contributed by atoms with Gasteiger partial charge in [0, 0.05) is 0 Å². The zero-order chi connectivity index (χ0) is 22.0. The van der Waals surface area contributed by atoms with E-state index in [4.69, 9.17) is 4.74 Å². The average Bonchev–Trinajstić information content (AvgIpc) is 3.02. The van der Waals surface area contributed by atoms with E-state index in [-0.39, 0.29) is 27.9 Å². The number of methoxy groups -OCH3 is 2. The van der Waals surface area contributed by atoms with E-state index >= 15 is 0 Å². The number of benzene rings is 2. The van der Waals surface area contributed by atoms with E-state index in [1.54, 1.807) is 12.1 Å². The van der Waals surface area contributed by atoms with E-state index in [0.29, 0.717) is 0 Å². The molecule has 0 fully saturated rings. The van der Waals surface area contributed by atoms with Crippen LogP contribution in [0.2, 0.25) is 0 Å². The predicted molar refractivity (Wildman–Crippen MR) is 104 cm³/mol. The molecule has 154 valence electrons. The highest BCUT2D eigenvalue weighted by molar-refractivity contribution is 6.23. The van der Waals surface area contributed by atoms with E-state index in [0.717, 1.165) is 4.90 Å². The van der Waals surface area contributed by atoms with Gasteiger partial charge in [0.25, 0.3) is 11.8 Å². The maximum Gasteiger partial charge on any atom is 0.339 e. The Morgan fingerprint density at radius 2 is 1.47 bits per heavy atom. The molecule has 3 rings (SSSR count). The molecule has 1 N–H and O–H groups in total. The first-order valence-electron chi connectivity index (χ1n) is 8.88. The number of ether oxygens (including phenoxy) is 2. The molecule has 3 amide bonds. The summed E-state index contributed by atoms with van der Waals surface area (Å²) in [6.07, 6.45) is 0. The fraction of sp³-hybridized carbons (Fsp3) is 0.190. The number of esters is 2. The summed E-state index contributed by atoms with van der Waals surface area (Å²) in [6, 6.07) is 9.00. The number of amides is 3. The van der Waals surface area contributed by atoms with Crippen LogP contribution in [-0.4, -0.2) is 54.8 Å². The number of imide groups is 1. The van der Waals surface area contributed by atoms with Crippen LogP contribution in [0.4, 0.5) is 5.69 Å². The van der Waals surface area contributed by atoms with Gasteiger partial charge in [-0.1, -0.05) is 12.1 Å². The first-order valence-corrected chi connectivity index (χ1v) is 8.88. The summed E-state index contributed by atoms with van der Waals surface area (Å²) in [7, 11) is 2.36. The number of carbonyl (C=O) groups excluding carboxylic acids is 5. The molecule has 0 radical (unpaired) electrons. The van der Waals surface area contributed by atoms with Crippen molar-refractivity contribution in [2.24, 2.45) is 0 Å². The number of fused-ring (bicyclic) bond motifs is 1. The largest absolute Gasteiger partial charge is 0.465 e. The Kier molecular flexibility index (Phi) is 5.63. The minimum absolute atomic E-state index is 0.00642.